The Labute approximate surface area is 194 Å². The first-order valence-electron chi connectivity index (χ1n) is 9.44. The van der Waals surface area contributed by atoms with Crippen molar-refractivity contribution < 1.29 is 22.7 Å². The largest absolute Gasteiger partial charge is 0.495 e. The summed E-state index contributed by atoms with van der Waals surface area (Å²) in [5.74, 6) is 0.215. The Hall–Kier alpha value is -3.01. The highest BCUT2D eigenvalue weighted by atomic mass is 35.5. The van der Waals surface area contributed by atoms with Crippen LogP contribution in [-0.2, 0) is 16.6 Å². The molecule has 0 radical (unpaired) electrons. The number of fused-ring (bicyclic) bond motifs is 1. The number of methoxy groups -OCH3 is 2. The normalized spacial score (nSPS) is 16.0. The zero-order valence-electron chi connectivity index (χ0n) is 17.2. The zero-order valence-corrected chi connectivity index (χ0v) is 19.6. The van der Waals surface area contributed by atoms with Gasteiger partial charge in [0, 0.05) is 12.3 Å². The number of benzene rings is 2. The maximum absolute atomic E-state index is 13.5. The molecule has 0 unspecified atom stereocenters. The number of ether oxygens (including phenoxy) is 2. The summed E-state index contributed by atoms with van der Waals surface area (Å²) in [6.45, 7) is 0.106. The maximum Gasteiger partial charge on any atom is 0.270 e. The number of allylic oxidation sites excluding steroid dienone is 1. The van der Waals surface area contributed by atoms with Crippen LogP contribution in [0.2, 0.25) is 5.02 Å². The third kappa shape index (κ3) is 3.94. The van der Waals surface area contributed by atoms with Crippen LogP contribution in [0.25, 0.3) is 0 Å². The Morgan fingerprint density at radius 3 is 2.50 bits per heavy atom. The highest BCUT2D eigenvalue weighted by Gasteiger charge is 2.41. The number of carbonyl (C=O) groups excluding carboxylic acids is 1. The van der Waals surface area contributed by atoms with Crippen molar-refractivity contribution in [2.24, 2.45) is 0 Å². The van der Waals surface area contributed by atoms with E-state index in [9.17, 15) is 13.2 Å². The summed E-state index contributed by atoms with van der Waals surface area (Å²) in [7, 11) is -1.18. The fourth-order valence-electron chi connectivity index (χ4n) is 3.32. The molecule has 0 saturated carbocycles. The topological polar surface area (TPSA) is 84.9 Å². The van der Waals surface area contributed by atoms with Crippen LogP contribution in [0.3, 0.4) is 0 Å². The van der Waals surface area contributed by atoms with E-state index in [1.165, 1.54) is 42.1 Å². The van der Waals surface area contributed by atoms with E-state index < -0.39 is 15.8 Å². The molecule has 3 aromatic rings. The molecular weight excluding hydrogens is 472 g/mol. The quantitative estimate of drug-likeness (QED) is 0.494. The van der Waals surface area contributed by atoms with Crippen LogP contribution in [0, 0.1) is 0 Å². The second-order valence-corrected chi connectivity index (χ2v) is 9.96. The Morgan fingerprint density at radius 1 is 1.09 bits per heavy atom. The summed E-state index contributed by atoms with van der Waals surface area (Å²) in [6, 6.07) is 14.0. The number of nitrogens with zero attached hydrogens (tertiary/aromatic N) is 1. The van der Waals surface area contributed by atoms with Crippen LogP contribution in [0.15, 0.2) is 65.0 Å². The Kier molecular flexibility index (Phi) is 6.14. The van der Waals surface area contributed by atoms with Crippen molar-refractivity contribution in [1.82, 2.24) is 0 Å². The van der Waals surface area contributed by atoms with Crippen LogP contribution < -0.4 is 19.1 Å². The van der Waals surface area contributed by atoms with E-state index in [4.69, 9.17) is 21.1 Å². The Balaban J connectivity index is 1.75. The molecule has 0 saturated heterocycles. The molecule has 1 aromatic heterocycles. The van der Waals surface area contributed by atoms with Crippen molar-refractivity contribution in [2.75, 3.05) is 23.8 Å². The molecule has 0 bridgehead atoms. The van der Waals surface area contributed by atoms with Gasteiger partial charge in [-0.25, -0.2) is 8.42 Å². The lowest BCUT2D eigenvalue weighted by molar-refractivity contribution is 0.104. The second-order valence-electron chi connectivity index (χ2n) is 6.80. The van der Waals surface area contributed by atoms with E-state index in [1.54, 1.807) is 17.5 Å². The standard InChI is InChI=1S/C22H19ClN2O5S2/c1-29-18-11-19(30-2)16(10-15(18)23)24-12-20-21(26)22-17(8-9-31-22)25(32(20,27)28)13-14-6-4-3-5-7-14/h3-12,24H,13H2,1-2H3. The van der Waals surface area contributed by atoms with Crippen molar-refractivity contribution in [1.29, 1.82) is 0 Å². The molecule has 1 aliphatic rings. The van der Waals surface area contributed by atoms with E-state index in [0.717, 1.165) is 5.56 Å². The van der Waals surface area contributed by atoms with E-state index in [2.05, 4.69) is 5.32 Å². The van der Waals surface area contributed by atoms with Crippen LogP contribution in [0.4, 0.5) is 11.4 Å². The van der Waals surface area contributed by atoms with Crippen LogP contribution >= 0.6 is 22.9 Å². The number of sulfonamides is 1. The molecule has 0 fully saturated rings. The van der Waals surface area contributed by atoms with Gasteiger partial charge in [0.05, 0.1) is 37.2 Å². The first-order chi connectivity index (χ1) is 15.4. The predicted octanol–water partition coefficient (Wildman–Crippen LogP) is 4.90. The van der Waals surface area contributed by atoms with Crippen molar-refractivity contribution in [3.05, 3.63) is 80.5 Å². The highest BCUT2D eigenvalue weighted by Crippen LogP contribution is 2.40. The van der Waals surface area contributed by atoms with Gasteiger partial charge in [0.25, 0.3) is 10.0 Å². The predicted molar refractivity (Wildman–Crippen MR) is 126 cm³/mol. The van der Waals surface area contributed by atoms with Gasteiger partial charge in [-0.1, -0.05) is 41.9 Å². The first-order valence-corrected chi connectivity index (χ1v) is 12.1. The minimum absolute atomic E-state index is 0.106. The monoisotopic (exact) mass is 490 g/mol. The lowest BCUT2D eigenvalue weighted by Crippen LogP contribution is -2.38. The number of hydrogen-bond donors (Lipinski definition) is 1. The van der Waals surface area contributed by atoms with Crippen molar-refractivity contribution in [2.45, 2.75) is 6.54 Å². The number of ketones is 1. The smallest absolute Gasteiger partial charge is 0.270 e. The molecule has 32 heavy (non-hydrogen) atoms. The molecule has 2 heterocycles. The summed E-state index contributed by atoms with van der Waals surface area (Å²) < 4.78 is 38.7. The van der Waals surface area contributed by atoms with Crippen molar-refractivity contribution in [3.8, 4) is 11.5 Å². The third-order valence-corrected chi connectivity index (χ3v) is 7.88. The number of Topliss-reactive ketones (excluding diaryl/α,β-unsaturated/α-hetero) is 1. The fraction of sp³-hybridized carbons (Fsp3) is 0.136. The number of halogens is 1. The number of thiophene rings is 1. The third-order valence-electron chi connectivity index (χ3n) is 4.91. The van der Waals surface area contributed by atoms with Crippen molar-refractivity contribution >= 4 is 50.1 Å². The molecular formula is C22H19ClN2O5S2. The summed E-state index contributed by atoms with van der Waals surface area (Å²) >= 11 is 7.40. The van der Waals surface area contributed by atoms with Gasteiger partial charge >= 0.3 is 0 Å². The van der Waals surface area contributed by atoms with Crippen molar-refractivity contribution in [3.63, 3.8) is 0 Å². The molecule has 0 aliphatic carbocycles. The van der Waals surface area contributed by atoms with Gasteiger partial charge in [-0.2, -0.15) is 0 Å². The minimum atomic E-state index is -4.12. The van der Waals surface area contributed by atoms with Gasteiger partial charge in [0.15, 0.2) is 4.91 Å². The minimum Gasteiger partial charge on any atom is -0.495 e. The van der Waals surface area contributed by atoms with Gasteiger partial charge in [0.1, 0.15) is 16.4 Å². The van der Waals surface area contributed by atoms with E-state index in [0.29, 0.717) is 32.8 Å². The number of anilines is 2. The molecule has 2 aromatic carbocycles. The second kappa shape index (κ2) is 8.85. The summed E-state index contributed by atoms with van der Waals surface area (Å²) in [5, 5.41) is 4.88. The molecule has 1 aliphatic heterocycles. The fourth-order valence-corrected chi connectivity index (χ4v) is 6.05. The van der Waals surface area contributed by atoms with Gasteiger partial charge in [-0.15, -0.1) is 11.3 Å². The SMILES string of the molecule is COc1cc(OC)c(NC=C2C(=O)c3sccc3N(Cc3ccccc3)S2(=O)=O)cc1Cl. The molecule has 1 N–H and O–H groups in total. The summed E-state index contributed by atoms with van der Waals surface area (Å²) in [6.07, 6.45) is 1.18. The van der Waals surface area contributed by atoms with Gasteiger partial charge in [-0.3, -0.25) is 9.10 Å². The first kappa shape index (κ1) is 22.2. The Morgan fingerprint density at radius 2 is 1.81 bits per heavy atom. The molecule has 0 atom stereocenters. The number of rotatable bonds is 6. The van der Waals surface area contributed by atoms with E-state index >= 15 is 0 Å². The van der Waals surface area contributed by atoms with Crippen LogP contribution in [-0.4, -0.2) is 28.4 Å². The number of hydrogen-bond acceptors (Lipinski definition) is 7. The van der Waals surface area contributed by atoms with Gasteiger partial charge in [0.2, 0.25) is 5.78 Å². The van der Waals surface area contributed by atoms with Crippen LogP contribution in [0.1, 0.15) is 15.2 Å². The van der Waals surface area contributed by atoms with E-state index in [1.807, 2.05) is 30.3 Å². The average Bonchev–Trinajstić information content (AvgIpc) is 3.27. The van der Waals surface area contributed by atoms with Crippen LogP contribution in [0.5, 0.6) is 11.5 Å². The average molecular weight is 491 g/mol. The zero-order chi connectivity index (χ0) is 22.9. The highest BCUT2D eigenvalue weighted by molar-refractivity contribution is 7.97. The van der Waals surface area contributed by atoms with Gasteiger partial charge in [-0.05, 0) is 23.1 Å². The lowest BCUT2D eigenvalue weighted by Gasteiger charge is -2.29. The molecule has 4 rings (SSSR count). The van der Waals surface area contributed by atoms with E-state index in [-0.39, 0.29) is 11.4 Å². The number of nitrogens with one attached hydrogen (secondary N) is 1. The molecule has 7 nitrogen and oxygen atoms in total. The molecule has 166 valence electrons. The van der Waals surface area contributed by atoms with Gasteiger partial charge < -0.3 is 14.8 Å². The molecule has 0 amide bonds. The molecule has 0 spiro atoms. The summed E-state index contributed by atoms with van der Waals surface area (Å²) in [5.41, 5.74) is 1.57. The lowest BCUT2D eigenvalue weighted by atomic mass is 10.2. The number of carbonyl (C=O) groups is 1. The maximum atomic E-state index is 13.5. The summed E-state index contributed by atoms with van der Waals surface area (Å²) in [4.78, 5) is 13.1. The molecule has 10 heteroatoms. The Bertz CT molecular complexity index is 1300.